The Morgan fingerprint density at radius 3 is 2.46 bits per heavy atom. The summed E-state index contributed by atoms with van der Waals surface area (Å²) in [7, 11) is 2.13. The number of amides is 2. The molecule has 2 aromatic rings. The predicted octanol–water partition coefficient (Wildman–Crippen LogP) is 3.51. The van der Waals surface area contributed by atoms with Gasteiger partial charge in [0.25, 0.3) is 0 Å². The second-order valence-electron chi connectivity index (χ2n) is 7.35. The Balaban J connectivity index is 1.42. The molecule has 2 aliphatic rings. The Morgan fingerprint density at radius 1 is 1.00 bits per heavy atom. The molecule has 0 saturated carbocycles. The summed E-state index contributed by atoms with van der Waals surface area (Å²) in [4.78, 5) is 19.2. The third-order valence-corrected chi connectivity index (χ3v) is 5.41. The average molecular weight is 380 g/mol. The average Bonchev–Trinajstić information content (AvgIpc) is 3.20. The van der Waals surface area contributed by atoms with Gasteiger partial charge in [0.05, 0.1) is 11.4 Å². The van der Waals surface area contributed by atoms with Crippen molar-refractivity contribution in [3.05, 3.63) is 66.0 Å². The summed E-state index contributed by atoms with van der Waals surface area (Å²) >= 11 is 0. The van der Waals surface area contributed by atoms with E-state index in [4.69, 9.17) is 0 Å². The van der Waals surface area contributed by atoms with Crippen LogP contribution in [-0.2, 0) is 0 Å². The molecule has 1 fully saturated rings. The van der Waals surface area contributed by atoms with Gasteiger partial charge in [0.2, 0.25) is 0 Å². The molecule has 2 amide bonds. The highest BCUT2D eigenvalue weighted by Crippen LogP contribution is 2.28. The molecule has 146 valence electrons. The Kier molecular flexibility index (Phi) is 5.30. The number of hydrogen-bond acceptors (Lipinski definition) is 3. The number of likely N-dealkylation sites (N-methyl/N-ethyl adjacent to an activating group) is 1. The third kappa shape index (κ3) is 4.02. The van der Waals surface area contributed by atoms with E-state index in [1.54, 1.807) is 17.0 Å². The summed E-state index contributed by atoms with van der Waals surface area (Å²) in [5.74, 6) is -0.252. The van der Waals surface area contributed by atoms with Crippen LogP contribution >= 0.6 is 0 Å². The first-order chi connectivity index (χ1) is 13.6. The van der Waals surface area contributed by atoms with Crippen molar-refractivity contribution in [1.29, 1.82) is 0 Å². The highest BCUT2D eigenvalue weighted by Gasteiger charge is 2.23. The number of carbonyl (C=O) groups is 1. The molecule has 0 spiro atoms. The maximum absolute atomic E-state index is 13.1. The first-order valence-corrected chi connectivity index (χ1v) is 9.63. The number of rotatable bonds is 3. The SMILES string of the molecule is CN1CCN(c2ccccc2NC(=O)N2CC=C(c3ccc(F)cc3)C2)CC1. The van der Waals surface area contributed by atoms with Crippen LogP contribution in [0.1, 0.15) is 5.56 Å². The summed E-state index contributed by atoms with van der Waals surface area (Å²) in [6.07, 6.45) is 2.03. The van der Waals surface area contributed by atoms with Gasteiger partial charge in [-0.05, 0) is 42.4 Å². The molecular formula is C22H25FN4O. The zero-order valence-electron chi connectivity index (χ0n) is 16.1. The van der Waals surface area contributed by atoms with Gasteiger partial charge in [-0.15, -0.1) is 0 Å². The molecule has 5 nitrogen and oxygen atoms in total. The van der Waals surface area contributed by atoms with Crippen molar-refractivity contribution >= 4 is 23.0 Å². The number of para-hydroxylation sites is 2. The van der Waals surface area contributed by atoms with Gasteiger partial charge in [-0.2, -0.15) is 0 Å². The molecule has 2 aliphatic heterocycles. The molecule has 0 unspecified atom stereocenters. The monoisotopic (exact) mass is 380 g/mol. The largest absolute Gasteiger partial charge is 0.367 e. The normalized spacial score (nSPS) is 17.6. The fourth-order valence-electron chi connectivity index (χ4n) is 3.68. The second kappa shape index (κ2) is 8.02. The van der Waals surface area contributed by atoms with E-state index in [1.807, 2.05) is 24.3 Å². The lowest BCUT2D eigenvalue weighted by Crippen LogP contribution is -2.45. The van der Waals surface area contributed by atoms with Crippen molar-refractivity contribution in [3.63, 3.8) is 0 Å². The van der Waals surface area contributed by atoms with E-state index in [0.29, 0.717) is 13.1 Å². The van der Waals surface area contributed by atoms with Crippen molar-refractivity contribution in [2.75, 3.05) is 56.5 Å². The number of hydrogen-bond donors (Lipinski definition) is 1. The lowest BCUT2D eigenvalue weighted by atomic mass is 10.1. The molecule has 0 bridgehead atoms. The van der Waals surface area contributed by atoms with Crippen LogP contribution in [0.4, 0.5) is 20.6 Å². The third-order valence-electron chi connectivity index (χ3n) is 5.41. The van der Waals surface area contributed by atoms with Gasteiger partial charge < -0.3 is 20.0 Å². The summed E-state index contributed by atoms with van der Waals surface area (Å²) in [5, 5.41) is 3.08. The minimum absolute atomic E-state index is 0.116. The number of halogens is 1. The number of nitrogens with zero attached hydrogens (tertiary/aromatic N) is 3. The molecule has 1 N–H and O–H groups in total. The number of urea groups is 1. The van der Waals surface area contributed by atoms with Crippen LogP contribution in [0.3, 0.4) is 0 Å². The van der Waals surface area contributed by atoms with Gasteiger partial charge in [-0.25, -0.2) is 9.18 Å². The molecule has 2 aromatic carbocycles. The van der Waals surface area contributed by atoms with Gasteiger partial charge >= 0.3 is 6.03 Å². The van der Waals surface area contributed by atoms with E-state index in [-0.39, 0.29) is 11.8 Å². The molecule has 28 heavy (non-hydrogen) atoms. The van der Waals surface area contributed by atoms with E-state index in [1.165, 1.54) is 12.1 Å². The number of piperazine rings is 1. The second-order valence-corrected chi connectivity index (χ2v) is 7.35. The maximum atomic E-state index is 13.1. The van der Waals surface area contributed by atoms with E-state index in [9.17, 15) is 9.18 Å². The zero-order valence-corrected chi connectivity index (χ0v) is 16.1. The van der Waals surface area contributed by atoms with Gasteiger partial charge in [-0.1, -0.05) is 30.3 Å². The highest BCUT2D eigenvalue weighted by molar-refractivity contribution is 5.95. The molecule has 0 aromatic heterocycles. The lowest BCUT2D eigenvalue weighted by molar-refractivity contribution is 0.225. The predicted molar refractivity (Wildman–Crippen MR) is 111 cm³/mol. The Bertz CT molecular complexity index is 872. The van der Waals surface area contributed by atoms with E-state index < -0.39 is 0 Å². The van der Waals surface area contributed by atoms with Crippen LogP contribution in [-0.4, -0.2) is 62.1 Å². The minimum atomic E-state index is -0.252. The molecule has 0 aliphatic carbocycles. The first kappa shape index (κ1) is 18.5. The number of carbonyl (C=O) groups excluding carboxylic acids is 1. The Labute approximate surface area is 165 Å². The molecule has 4 rings (SSSR count). The molecule has 1 saturated heterocycles. The van der Waals surface area contributed by atoms with E-state index in [2.05, 4.69) is 28.2 Å². The summed E-state index contributed by atoms with van der Waals surface area (Å²) < 4.78 is 13.1. The molecule has 0 atom stereocenters. The number of nitrogens with one attached hydrogen (secondary N) is 1. The van der Waals surface area contributed by atoms with Gasteiger partial charge in [-0.3, -0.25) is 0 Å². The van der Waals surface area contributed by atoms with Gasteiger partial charge in [0.1, 0.15) is 5.82 Å². The van der Waals surface area contributed by atoms with E-state index >= 15 is 0 Å². The minimum Gasteiger partial charge on any atom is -0.367 e. The van der Waals surface area contributed by atoms with Crippen molar-refractivity contribution in [2.24, 2.45) is 0 Å². The van der Waals surface area contributed by atoms with Crippen LogP contribution < -0.4 is 10.2 Å². The van der Waals surface area contributed by atoms with Crippen molar-refractivity contribution in [2.45, 2.75) is 0 Å². The Hall–Kier alpha value is -2.86. The molecule has 2 heterocycles. The lowest BCUT2D eigenvalue weighted by Gasteiger charge is -2.35. The van der Waals surface area contributed by atoms with Crippen molar-refractivity contribution in [3.8, 4) is 0 Å². The fraction of sp³-hybridized carbons (Fsp3) is 0.318. The molecule has 0 radical (unpaired) electrons. The van der Waals surface area contributed by atoms with Crippen LogP contribution in [0.5, 0.6) is 0 Å². The summed E-state index contributed by atoms with van der Waals surface area (Å²) in [6.45, 7) is 4.99. The highest BCUT2D eigenvalue weighted by atomic mass is 19.1. The van der Waals surface area contributed by atoms with Crippen LogP contribution in [0.2, 0.25) is 0 Å². The maximum Gasteiger partial charge on any atom is 0.322 e. The standard InChI is InChI=1S/C22H25FN4O/c1-25-12-14-26(15-13-25)21-5-3-2-4-20(21)24-22(28)27-11-10-18(16-27)17-6-8-19(23)9-7-17/h2-10H,11-16H2,1H3,(H,24,28). The summed E-state index contributed by atoms with van der Waals surface area (Å²) in [6, 6.07) is 14.3. The van der Waals surface area contributed by atoms with Crippen molar-refractivity contribution in [1.82, 2.24) is 9.80 Å². The quantitative estimate of drug-likeness (QED) is 0.886. The first-order valence-electron chi connectivity index (χ1n) is 9.63. The zero-order chi connectivity index (χ0) is 19.5. The van der Waals surface area contributed by atoms with E-state index in [0.717, 1.165) is 48.7 Å². The van der Waals surface area contributed by atoms with Crippen LogP contribution in [0.25, 0.3) is 5.57 Å². The number of anilines is 2. The fourth-order valence-corrected chi connectivity index (χ4v) is 3.68. The molecular weight excluding hydrogens is 355 g/mol. The molecule has 6 heteroatoms. The van der Waals surface area contributed by atoms with Crippen LogP contribution in [0.15, 0.2) is 54.6 Å². The van der Waals surface area contributed by atoms with Gasteiger partial charge in [0.15, 0.2) is 0 Å². The smallest absolute Gasteiger partial charge is 0.322 e. The van der Waals surface area contributed by atoms with Crippen LogP contribution in [0, 0.1) is 5.82 Å². The van der Waals surface area contributed by atoms with Gasteiger partial charge in [0, 0.05) is 39.3 Å². The Morgan fingerprint density at radius 2 is 1.71 bits per heavy atom. The summed E-state index contributed by atoms with van der Waals surface area (Å²) in [5.41, 5.74) is 3.90. The van der Waals surface area contributed by atoms with Crippen molar-refractivity contribution < 1.29 is 9.18 Å². The topological polar surface area (TPSA) is 38.8 Å². The number of benzene rings is 2.